The molecule has 1 heterocycles. The first kappa shape index (κ1) is 9.41. The number of nitrogens with zero attached hydrogens (tertiary/aromatic N) is 1. The van der Waals surface area contributed by atoms with Gasteiger partial charge in [0.05, 0.1) is 0 Å². The molecule has 1 spiro atoms. The molecule has 0 bridgehead atoms. The van der Waals surface area contributed by atoms with E-state index in [0.717, 1.165) is 6.42 Å². The Kier molecular flexibility index (Phi) is 1.93. The van der Waals surface area contributed by atoms with Crippen molar-refractivity contribution in [1.29, 1.82) is 0 Å². The Balaban J connectivity index is 2.08. The Morgan fingerprint density at radius 2 is 2.13 bits per heavy atom. The van der Waals surface area contributed by atoms with E-state index in [1.165, 1.54) is 31.4 Å². The van der Waals surface area contributed by atoms with Crippen molar-refractivity contribution < 1.29 is 0 Å². The molecule has 0 radical (unpaired) electrons. The lowest BCUT2D eigenvalue weighted by atomic mass is 9.89. The molecule has 0 aromatic heterocycles. The van der Waals surface area contributed by atoms with Gasteiger partial charge in [-0.25, -0.2) is 0 Å². The van der Waals surface area contributed by atoms with Gasteiger partial charge in [0.2, 0.25) is 0 Å². The quantitative estimate of drug-likeness (QED) is 0.675. The molecule has 0 saturated heterocycles. The minimum atomic E-state index is 0.444. The molecule has 2 aliphatic rings. The molecule has 0 amide bonds. The fourth-order valence-electron chi connectivity index (χ4n) is 3.01. The molecule has 1 aliphatic heterocycles. The normalized spacial score (nSPS) is 22.8. The SMILES string of the molecule is CCc1ccc2c(c1)CCN(C)C21CC1. The van der Waals surface area contributed by atoms with E-state index in [1.54, 1.807) is 11.1 Å². The third-order valence-electron chi connectivity index (χ3n) is 4.25. The van der Waals surface area contributed by atoms with E-state index in [1.807, 2.05) is 0 Å². The number of aryl methyl sites for hydroxylation is 1. The van der Waals surface area contributed by atoms with Gasteiger partial charge in [0, 0.05) is 12.1 Å². The summed E-state index contributed by atoms with van der Waals surface area (Å²) in [4.78, 5) is 2.56. The van der Waals surface area contributed by atoms with Gasteiger partial charge in [-0.3, -0.25) is 4.90 Å². The van der Waals surface area contributed by atoms with Gasteiger partial charge in [0.1, 0.15) is 0 Å². The van der Waals surface area contributed by atoms with E-state index >= 15 is 0 Å². The molecule has 1 aliphatic carbocycles. The molecule has 1 aromatic rings. The predicted molar refractivity (Wildman–Crippen MR) is 63.1 cm³/mol. The second kappa shape index (κ2) is 3.08. The Morgan fingerprint density at radius 1 is 1.33 bits per heavy atom. The van der Waals surface area contributed by atoms with Gasteiger partial charge in [0.15, 0.2) is 0 Å². The Hall–Kier alpha value is -0.820. The molecular weight excluding hydrogens is 182 g/mol. The van der Waals surface area contributed by atoms with E-state index < -0.39 is 0 Å². The number of rotatable bonds is 1. The van der Waals surface area contributed by atoms with Gasteiger partial charge in [0.25, 0.3) is 0 Å². The summed E-state index contributed by atoms with van der Waals surface area (Å²) in [7, 11) is 2.28. The third-order valence-corrected chi connectivity index (χ3v) is 4.25. The summed E-state index contributed by atoms with van der Waals surface area (Å²) >= 11 is 0. The van der Waals surface area contributed by atoms with Gasteiger partial charge in [-0.1, -0.05) is 25.1 Å². The molecule has 1 nitrogen and oxygen atoms in total. The Morgan fingerprint density at radius 3 is 2.80 bits per heavy atom. The van der Waals surface area contributed by atoms with Crippen molar-refractivity contribution in [1.82, 2.24) is 4.90 Å². The number of likely N-dealkylation sites (N-methyl/N-ethyl adjacent to an activating group) is 1. The maximum Gasteiger partial charge on any atom is 0.0462 e. The smallest absolute Gasteiger partial charge is 0.0462 e. The van der Waals surface area contributed by atoms with Crippen LogP contribution in [0.15, 0.2) is 18.2 Å². The summed E-state index contributed by atoms with van der Waals surface area (Å²) in [5.41, 5.74) is 5.17. The lowest BCUT2D eigenvalue weighted by molar-refractivity contribution is 0.208. The molecule has 1 aromatic carbocycles. The summed E-state index contributed by atoms with van der Waals surface area (Å²) in [6.45, 7) is 3.48. The van der Waals surface area contributed by atoms with Crippen molar-refractivity contribution >= 4 is 0 Å². The van der Waals surface area contributed by atoms with Crippen molar-refractivity contribution in [3.05, 3.63) is 34.9 Å². The van der Waals surface area contributed by atoms with Crippen LogP contribution in [0.2, 0.25) is 0 Å². The molecule has 1 saturated carbocycles. The zero-order valence-electron chi connectivity index (χ0n) is 9.71. The summed E-state index contributed by atoms with van der Waals surface area (Å²) in [6.07, 6.45) is 5.13. The molecule has 3 rings (SSSR count). The zero-order valence-corrected chi connectivity index (χ0v) is 9.71. The van der Waals surface area contributed by atoms with E-state index in [2.05, 4.69) is 37.1 Å². The van der Waals surface area contributed by atoms with Gasteiger partial charge in [-0.15, -0.1) is 0 Å². The maximum absolute atomic E-state index is 2.56. The van der Waals surface area contributed by atoms with Gasteiger partial charge >= 0.3 is 0 Å². The van der Waals surface area contributed by atoms with Crippen LogP contribution in [-0.2, 0) is 18.4 Å². The van der Waals surface area contributed by atoms with Gasteiger partial charge < -0.3 is 0 Å². The van der Waals surface area contributed by atoms with Crippen LogP contribution in [0.4, 0.5) is 0 Å². The van der Waals surface area contributed by atoms with Crippen molar-refractivity contribution in [3.8, 4) is 0 Å². The van der Waals surface area contributed by atoms with E-state index in [9.17, 15) is 0 Å². The van der Waals surface area contributed by atoms with Crippen molar-refractivity contribution in [3.63, 3.8) is 0 Å². The molecule has 1 fully saturated rings. The van der Waals surface area contributed by atoms with Gasteiger partial charge in [-0.05, 0) is 49.4 Å². The van der Waals surface area contributed by atoms with Crippen LogP contribution in [-0.4, -0.2) is 18.5 Å². The Bertz CT molecular complexity index is 390. The van der Waals surface area contributed by atoms with Crippen LogP contribution < -0.4 is 0 Å². The molecule has 0 atom stereocenters. The van der Waals surface area contributed by atoms with Gasteiger partial charge in [-0.2, -0.15) is 0 Å². The fraction of sp³-hybridized carbons (Fsp3) is 0.571. The van der Waals surface area contributed by atoms with Crippen LogP contribution >= 0.6 is 0 Å². The zero-order chi connectivity index (χ0) is 10.5. The standard InChI is InChI=1S/C14H19N/c1-3-11-4-5-13-12(10-11)6-9-15(2)14(13)7-8-14/h4-5,10H,3,6-9H2,1-2H3. The molecule has 80 valence electrons. The number of hydrogen-bond donors (Lipinski definition) is 0. The summed E-state index contributed by atoms with van der Waals surface area (Å²) in [5, 5.41) is 0. The minimum Gasteiger partial charge on any atom is -0.296 e. The first-order valence-electron chi connectivity index (χ1n) is 6.10. The second-order valence-corrected chi connectivity index (χ2v) is 5.05. The molecule has 0 N–H and O–H groups in total. The van der Waals surface area contributed by atoms with Crippen molar-refractivity contribution in [2.45, 2.75) is 38.1 Å². The summed E-state index contributed by atoms with van der Waals surface area (Å²) in [5.74, 6) is 0. The molecular formula is C14H19N. The van der Waals surface area contributed by atoms with Crippen LogP contribution in [0.25, 0.3) is 0 Å². The maximum atomic E-state index is 2.56. The third kappa shape index (κ3) is 1.26. The van der Waals surface area contributed by atoms with E-state index in [4.69, 9.17) is 0 Å². The first-order chi connectivity index (χ1) is 7.26. The minimum absolute atomic E-state index is 0.444. The molecule has 0 unspecified atom stereocenters. The van der Waals surface area contributed by atoms with Crippen LogP contribution in [0.5, 0.6) is 0 Å². The van der Waals surface area contributed by atoms with E-state index in [0.29, 0.717) is 5.54 Å². The van der Waals surface area contributed by atoms with Crippen LogP contribution in [0, 0.1) is 0 Å². The monoisotopic (exact) mass is 201 g/mol. The number of hydrogen-bond acceptors (Lipinski definition) is 1. The number of fused-ring (bicyclic) bond motifs is 2. The topological polar surface area (TPSA) is 3.24 Å². The largest absolute Gasteiger partial charge is 0.296 e. The number of benzene rings is 1. The second-order valence-electron chi connectivity index (χ2n) is 5.05. The molecule has 15 heavy (non-hydrogen) atoms. The highest BCUT2D eigenvalue weighted by Gasteiger charge is 2.50. The average Bonchev–Trinajstić information content (AvgIpc) is 3.05. The highest BCUT2D eigenvalue weighted by molar-refractivity contribution is 5.42. The van der Waals surface area contributed by atoms with Crippen molar-refractivity contribution in [2.75, 3.05) is 13.6 Å². The lowest BCUT2D eigenvalue weighted by Gasteiger charge is -2.35. The summed E-state index contributed by atoms with van der Waals surface area (Å²) in [6, 6.07) is 7.14. The molecule has 1 heteroatoms. The summed E-state index contributed by atoms with van der Waals surface area (Å²) < 4.78 is 0. The Labute approximate surface area is 92.1 Å². The van der Waals surface area contributed by atoms with Crippen LogP contribution in [0.3, 0.4) is 0 Å². The van der Waals surface area contributed by atoms with Crippen LogP contribution in [0.1, 0.15) is 36.5 Å². The average molecular weight is 201 g/mol. The van der Waals surface area contributed by atoms with Crippen molar-refractivity contribution in [2.24, 2.45) is 0 Å². The first-order valence-corrected chi connectivity index (χ1v) is 6.10. The van der Waals surface area contributed by atoms with E-state index in [-0.39, 0.29) is 0 Å². The lowest BCUT2D eigenvalue weighted by Crippen LogP contribution is -2.38. The highest BCUT2D eigenvalue weighted by Crippen LogP contribution is 2.53. The predicted octanol–water partition coefficient (Wildman–Crippen LogP) is 2.73. The highest BCUT2D eigenvalue weighted by atomic mass is 15.2. The fourth-order valence-corrected chi connectivity index (χ4v) is 3.01.